The van der Waals surface area contributed by atoms with Gasteiger partial charge >= 0.3 is 0 Å². The van der Waals surface area contributed by atoms with E-state index in [1.54, 1.807) is 12.5 Å². The summed E-state index contributed by atoms with van der Waals surface area (Å²) < 4.78 is 1.90. The number of nitrogens with two attached hydrogens (primary N) is 1. The fraction of sp³-hybridized carbons (Fsp3) is 0. The molecule has 15 heavy (non-hydrogen) atoms. The molecule has 0 radical (unpaired) electrons. The number of imidazole rings is 1. The highest BCUT2D eigenvalue weighted by Gasteiger charge is 2.00. The lowest BCUT2D eigenvalue weighted by molar-refractivity contribution is 1.06. The molecule has 4 nitrogen and oxygen atoms in total. The van der Waals surface area contributed by atoms with Crippen molar-refractivity contribution in [1.82, 2.24) is 14.5 Å². The minimum atomic E-state index is 0.529. The Morgan fingerprint density at radius 3 is 3.00 bits per heavy atom. The summed E-state index contributed by atoms with van der Waals surface area (Å²) in [4.78, 5) is 7.16. The first kappa shape index (κ1) is 8.11. The van der Waals surface area contributed by atoms with Gasteiger partial charge in [0, 0.05) is 17.4 Å². The lowest BCUT2D eigenvalue weighted by Gasteiger charge is -2.01. The molecule has 0 amide bonds. The van der Waals surface area contributed by atoms with Crippen molar-refractivity contribution in [2.24, 2.45) is 0 Å². The second kappa shape index (κ2) is 2.88. The predicted molar refractivity (Wildman–Crippen MR) is 59.8 cm³/mol. The van der Waals surface area contributed by atoms with Crippen molar-refractivity contribution in [3.63, 3.8) is 0 Å². The van der Waals surface area contributed by atoms with Crippen LogP contribution in [0.2, 0.25) is 0 Å². The maximum Gasteiger partial charge on any atom is 0.141 e. The number of H-pyrrole nitrogens is 1. The van der Waals surface area contributed by atoms with Crippen LogP contribution in [0.25, 0.3) is 16.6 Å². The molecule has 2 aromatic heterocycles. The summed E-state index contributed by atoms with van der Waals surface area (Å²) in [6.07, 6.45) is 5.43. The van der Waals surface area contributed by atoms with E-state index in [-0.39, 0.29) is 0 Å². The molecule has 0 saturated heterocycles. The standard InChI is InChI=1S/C11H10N4/c12-11-6-15(7-14-11)9-2-1-8-3-4-13-10(8)5-9/h1-7,13H,12H2. The third-order valence-electron chi connectivity index (χ3n) is 2.44. The van der Waals surface area contributed by atoms with Crippen molar-refractivity contribution in [3.05, 3.63) is 43.0 Å². The molecule has 0 aliphatic heterocycles. The summed E-state index contributed by atoms with van der Waals surface area (Å²) in [5.74, 6) is 0.529. The largest absolute Gasteiger partial charge is 0.382 e. The molecule has 0 bridgehead atoms. The van der Waals surface area contributed by atoms with Crippen molar-refractivity contribution in [3.8, 4) is 5.69 Å². The van der Waals surface area contributed by atoms with E-state index in [0.29, 0.717) is 5.82 Å². The number of benzene rings is 1. The molecule has 0 fully saturated rings. The van der Waals surface area contributed by atoms with E-state index < -0.39 is 0 Å². The molecule has 0 aliphatic carbocycles. The van der Waals surface area contributed by atoms with E-state index in [1.165, 1.54) is 5.39 Å². The van der Waals surface area contributed by atoms with Crippen LogP contribution in [0.4, 0.5) is 5.82 Å². The first-order valence-electron chi connectivity index (χ1n) is 4.70. The van der Waals surface area contributed by atoms with Crippen LogP contribution in [-0.4, -0.2) is 14.5 Å². The molecule has 3 aromatic rings. The summed E-state index contributed by atoms with van der Waals surface area (Å²) in [5.41, 5.74) is 7.73. The normalized spacial score (nSPS) is 10.9. The fourth-order valence-corrected chi connectivity index (χ4v) is 1.68. The van der Waals surface area contributed by atoms with E-state index in [1.807, 2.05) is 22.9 Å². The van der Waals surface area contributed by atoms with Gasteiger partial charge in [0.2, 0.25) is 0 Å². The quantitative estimate of drug-likeness (QED) is 0.627. The lowest BCUT2D eigenvalue weighted by Crippen LogP contribution is -1.89. The lowest BCUT2D eigenvalue weighted by atomic mass is 10.2. The molecule has 3 N–H and O–H groups in total. The predicted octanol–water partition coefficient (Wildman–Crippen LogP) is 1.94. The molecule has 0 spiro atoms. The number of aromatic amines is 1. The van der Waals surface area contributed by atoms with Crippen LogP contribution in [-0.2, 0) is 0 Å². The number of nitrogen functional groups attached to an aromatic ring is 1. The van der Waals surface area contributed by atoms with Gasteiger partial charge in [0.05, 0.1) is 6.20 Å². The second-order valence-electron chi connectivity index (χ2n) is 3.46. The average molecular weight is 198 g/mol. The number of nitrogens with zero attached hydrogens (tertiary/aromatic N) is 2. The maximum atomic E-state index is 5.57. The average Bonchev–Trinajstić information content (AvgIpc) is 2.84. The number of anilines is 1. The Hall–Kier alpha value is -2.23. The summed E-state index contributed by atoms with van der Waals surface area (Å²) in [5, 5.41) is 1.20. The number of fused-ring (bicyclic) bond motifs is 1. The van der Waals surface area contributed by atoms with Gasteiger partial charge in [-0.2, -0.15) is 0 Å². The Kier molecular flexibility index (Phi) is 1.56. The van der Waals surface area contributed by atoms with E-state index in [0.717, 1.165) is 11.2 Å². The van der Waals surface area contributed by atoms with Crippen molar-refractivity contribution < 1.29 is 0 Å². The molecular weight excluding hydrogens is 188 g/mol. The van der Waals surface area contributed by atoms with Crippen LogP contribution in [0.15, 0.2) is 43.0 Å². The Balaban J connectivity index is 2.18. The number of rotatable bonds is 1. The van der Waals surface area contributed by atoms with Crippen LogP contribution < -0.4 is 5.73 Å². The van der Waals surface area contributed by atoms with Crippen LogP contribution in [0, 0.1) is 0 Å². The number of aromatic nitrogens is 3. The molecule has 3 rings (SSSR count). The van der Waals surface area contributed by atoms with E-state index >= 15 is 0 Å². The van der Waals surface area contributed by atoms with Crippen molar-refractivity contribution in [1.29, 1.82) is 0 Å². The third-order valence-corrected chi connectivity index (χ3v) is 2.44. The Bertz CT molecular complexity index is 606. The molecule has 0 atom stereocenters. The molecule has 74 valence electrons. The van der Waals surface area contributed by atoms with Gasteiger partial charge in [-0.3, -0.25) is 0 Å². The zero-order valence-corrected chi connectivity index (χ0v) is 8.01. The topological polar surface area (TPSA) is 59.6 Å². The SMILES string of the molecule is Nc1cn(-c2ccc3cc[nH]c3c2)cn1. The van der Waals surface area contributed by atoms with Crippen LogP contribution >= 0.6 is 0 Å². The molecular formula is C11H10N4. The fourth-order valence-electron chi connectivity index (χ4n) is 1.68. The maximum absolute atomic E-state index is 5.57. The van der Waals surface area contributed by atoms with E-state index in [9.17, 15) is 0 Å². The zero-order chi connectivity index (χ0) is 10.3. The Morgan fingerprint density at radius 1 is 1.27 bits per heavy atom. The summed E-state index contributed by atoms with van der Waals surface area (Å²) in [6, 6.07) is 8.21. The highest BCUT2D eigenvalue weighted by molar-refractivity contribution is 5.81. The molecule has 1 aromatic carbocycles. The Labute approximate surface area is 86.4 Å². The van der Waals surface area contributed by atoms with Gasteiger partial charge in [-0.15, -0.1) is 0 Å². The summed E-state index contributed by atoms with van der Waals surface area (Å²) >= 11 is 0. The Morgan fingerprint density at radius 2 is 2.20 bits per heavy atom. The van der Waals surface area contributed by atoms with Gasteiger partial charge in [0.15, 0.2) is 0 Å². The zero-order valence-electron chi connectivity index (χ0n) is 8.01. The van der Waals surface area contributed by atoms with E-state index in [4.69, 9.17) is 5.73 Å². The minimum absolute atomic E-state index is 0.529. The first-order chi connectivity index (χ1) is 7.33. The summed E-state index contributed by atoms with van der Waals surface area (Å²) in [6.45, 7) is 0. The van der Waals surface area contributed by atoms with Crippen LogP contribution in [0.1, 0.15) is 0 Å². The highest BCUT2D eigenvalue weighted by atomic mass is 15.1. The molecule has 0 aliphatic rings. The van der Waals surface area contributed by atoms with Gasteiger partial charge in [-0.1, -0.05) is 6.07 Å². The van der Waals surface area contributed by atoms with Crippen LogP contribution in [0.5, 0.6) is 0 Å². The molecule has 4 heteroatoms. The molecule has 0 unspecified atom stereocenters. The number of hydrogen-bond acceptors (Lipinski definition) is 2. The van der Waals surface area contributed by atoms with Gasteiger partial charge in [-0.25, -0.2) is 4.98 Å². The first-order valence-corrected chi connectivity index (χ1v) is 4.70. The van der Waals surface area contributed by atoms with Gasteiger partial charge < -0.3 is 15.3 Å². The van der Waals surface area contributed by atoms with Crippen molar-refractivity contribution >= 4 is 16.7 Å². The molecule has 0 saturated carbocycles. The summed E-state index contributed by atoms with van der Waals surface area (Å²) in [7, 11) is 0. The number of hydrogen-bond donors (Lipinski definition) is 2. The second-order valence-corrected chi connectivity index (χ2v) is 3.46. The van der Waals surface area contributed by atoms with Gasteiger partial charge in [0.1, 0.15) is 12.1 Å². The molecule has 2 heterocycles. The smallest absolute Gasteiger partial charge is 0.141 e. The van der Waals surface area contributed by atoms with Gasteiger partial charge in [0.25, 0.3) is 0 Å². The van der Waals surface area contributed by atoms with Crippen molar-refractivity contribution in [2.75, 3.05) is 5.73 Å². The van der Waals surface area contributed by atoms with E-state index in [2.05, 4.69) is 22.1 Å². The third kappa shape index (κ3) is 1.27. The minimum Gasteiger partial charge on any atom is -0.382 e. The highest BCUT2D eigenvalue weighted by Crippen LogP contribution is 2.17. The number of nitrogens with one attached hydrogen (secondary N) is 1. The van der Waals surface area contributed by atoms with Crippen molar-refractivity contribution in [2.45, 2.75) is 0 Å². The van der Waals surface area contributed by atoms with Gasteiger partial charge in [-0.05, 0) is 23.6 Å². The monoisotopic (exact) mass is 198 g/mol. The van der Waals surface area contributed by atoms with Crippen LogP contribution in [0.3, 0.4) is 0 Å².